The number of carboxylic acids is 1. The molecule has 1 aromatic heterocycles. The summed E-state index contributed by atoms with van der Waals surface area (Å²) in [5.74, 6) is -0.446. The topological polar surface area (TPSA) is 75.4 Å². The van der Waals surface area contributed by atoms with Crippen molar-refractivity contribution < 1.29 is 14.7 Å². The van der Waals surface area contributed by atoms with Gasteiger partial charge in [0.1, 0.15) is 0 Å². The molecule has 0 aromatic carbocycles. The molecule has 1 saturated heterocycles. The van der Waals surface area contributed by atoms with Gasteiger partial charge >= 0.3 is 5.97 Å². The third kappa shape index (κ3) is 4.16. The highest BCUT2D eigenvalue weighted by atomic mass is 16.4. The van der Waals surface area contributed by atoms with Crippen molar-refractivity contribution >= 4 is 11.9 Å². The standard InChI is InChI=1S/C18H29N3O3/c1-4-15(5-2)21-13(3)16(11-19-21)18(24)20-10-6-7-14(12-20)8-9-17(22)23/h11,14-15H,4-10,12H2,1-3H3,(H,22,23). The Balaban J connectivity index is 2.07. The summed E-state index contributed by atoms with van der Waals surface area (Å²) in [6.45, 7) is 7.63. The fraction of sp³-hybridized carbons (Fsp3) is 0.722. The first-order valence-corrected chi connectivity index (χ1v) is 9.03. The van der Waals surface area contributed by atoms with Crippen molar-refractivity contribution in [1.29, 1.82) is 0 Å². The van der Waals surface area contributed by atoms with Gasteiger partial charge in [-0.25, -0.2) is 0 Å². The van der Waals surface area contributed by atoms with E-state index in [2.05, 4.69) is 18.9 Å². The molecule has 1 aromatic rings. The Hall–Kier alpha value is -1.85. The number of hydrogen-bond acceptors (Lipinski definition) is 3. The smallest absolute Gasteiger partial charge is 0.303 e. The molecule has 1 aliphatic rings. The largest absolute Gasteiger partial charge is 0.481 e. The van der Waals surface area contributed by atoms with Gasteiger partial charge < -0.3 is 10.0 Å². The Bertz CT molecular complexity index is 578. The zero-order valence-corrected chi connectivity index (χ0v) is 15.0. The maximum absolute atomic E-state index is 12.9. The third-order valence-electron chi connectivity index (χ3n) is 5.14. The van der Waals surface area contributed by atoms with Crippen LogP contribution in [-0.2, 0) is 4.79 Å². The van der Waals surface area contributed by atoms with E-state index in [0.717, 1.165) is 37.9 Å². The minimum absolute atomic E-state index is 0.0322. The molecule has 0 saturated carbocycles. The summed E-state index contributed by atoms with van der Waals surface area (Å²) in [6, 6.07) is 0.330. The van der Waals surface area contributed by atoms with Crippen LogP contribution in [0.15, 0.2) is 6.20 Å². The molecule has 1 fully saturated rings. The van der Waals surface area contributed by atoms with E-state index in [9.17, 15) is 9.59 Å². The summed E-state index contributed by atoms with van der Waals surface area (Å²) in [5, 5.41) is 13.3. The maximum Gasteiger partial charge on any atom is 0.303 e. The molecule has 0 spiro atoms. The summed E-state index contributed by atoms with van der Waals surface area (Å²) in [7, 11) is 0. The average molecular weight is 335 g/mol. The molecule has 6 heteroatoms. The Morgan fingerprint density at radius 2 is 2.08 bits per heavy atom. The number of carbonyl (C=O) groups is 2. The molecule has 0 aliphatic carbocycles. The Kier molecular flexibility index (Phi) is 6.40. The van der Waals surface area contributed by atoms with Gasteiger partial charge in [0, 0.05) is 25.2 Å². The first kappa shape index (κ1) is 18.5. The molecular weight excluding hydrogens is 306 g/mol. The second-order valence-corrected chi connectivity index (χ2v) is 6.75. The number of carbonyl (C=O) groups excluding carboxylic acids is 1. The lowest BCUT2D eigenvalue weighted by molar-refractivity contribution is -0.137. The third-order valence-corrected chi connectivity index (χ3v) is 5.14. The van der Waals surface area contributed by atoms with Crippen LogP contribution < -0.4 is 0 Å². The van der Waals surface area contributed by atoms with Gasteiger partial charge in [-0.15, -0.1) is 0 Å². The molecule has 134 valence electrons. The van der Waals surface area contributed by atoms with Crippen LogP contribution in [0.25, 0.3) is 0 Å². The molecular formula is C18H29N3O3. The number of hydrogen-bond donors (Lipinski definition) is 1. The van der Waals surface area contributed by atoms with Crippen LogP contribution in [0.2, 0.25) is 0 Å². The van der Waals surface area contributed by atoms with Gasteiger partial charge in [0.2, 0.25) is 0 Å². The number of rotatable bonds is 7. The van der Waals surface area contributed by atoms with Crippen molar-refractivity contribution in [2.45, 2.75) is 65.3 Å². The highest BCUT2D eigenvalue weighted by Gasteiger charge is 2.27. The molecule has 1 amide bonds. The van der Waals surface area contributed by atoms with E-state index in [1.54, 1.807) is 6.20 Å². The Morgan fingerprint density at radius 3 is 2.71 bits per heavy atom. The van der Waals surface area contributed by atoms with Crippen LogP contribution in [0, 0.1) is 12.8 Å². The quantitative estimate of drug-likeness (QED) is 0.830. The lowest BCUT2D eigenvalue weighted by Gasteiger charge is -2.32. The van der Waals surface area contributed by atoms with Crippen molar-refractivity contribution in [3.63, 3.8) is 0 Å². The van der Waals surface area contributed by atoms with E-state index >= 15 is 0 Å². The van der Waals surface area contributed by atoms with Gasteiger partial charge in [-0.05, 0) is 44.9 Å². The number of piperidine rings is 1. The van der Waals surface area contributed by atoms with Crippen LogP contribution in [0.4, 0.5) is 0 Å². The number of aromatic nitrogens is 2. The molecule has 1 aliphatic heterocycles. The number of amides is 1. The molecule has 1 atom stereocenters. The molecule has 2 heterocycles. The van der Waals surface area contributed by atoms with Crippen molar-refractivity contribution in [1.82, 2.24) is 14.7 Å². The van der Waals surface area contributed by atoms with Crippen molar-refractivity contribution in [2.24, 2.45) is 5.92 Å². The number of carboxylic acid groups (broad SMARTS) is 1. The lowest BCUT2D eigenvalue weighted by atomic mass is 9.93. The summed E-state index contributed by atoms with van der Waals surface area (Å²) < 4.78 is 1.97. The lowest BCUT2D eigenvalue weighted by Crippen LogP contribution is -2.40. The summed E-state index contributed by atoms with van der Waals surface area (Å²) in [6.07, 6.45) is 6.44. The van der Waals surface area contributed by atoms with E-state index in [1.165, 1.54) is 0 Å². The second-order valence-electron chi connectivity index (χ2n) is 6.75. The predicted molar refractivity (Wildman–Crippen MR) is 92.1 cm³/mol. The fourth-order valence-electron chi connectivity index (χ4n) is 3.62. The van der Waals surface area contributed by atoms with E-state index < -0.39 is 5.97 Å². The van der Waals surface area contributed by atoms with Crippen LogP contribution in [0.1, 0.15) is 74.5 Å². The van der Waals surface area contributed by atoms with Crippen LogP contribution in [0.5, 0.6) is 0 Å². The van der Waals surface area contributed by atoms with Gasteiger partial charge in [0.25, 0.3) is 5.91 Å². The molecule has 0 radical (unpaired) electrons. The average Bonchev–Trinajstić information content (AvgIpc) is 2.95. The molecule has 24 heavy (non-hydrogen) atoms. The van der Waals surface area contributed by atoms with Crippen molar-refractivity contribution in [3.05, 3.63) is 17.5 Å². The van der Waals surface area contributed by atoms with Crippen LogP contribution in [0.3, 0.4) is 0 Å². The number of aliphatic carboxylic acids is 1. The van der Waals surface area contributed by atoms with Gasteiger partial charge in [0.15, 0.2) is 0 Å². The Labute approximate surface area is 143 Å². The molecule has 1 N–H and O–H groups in total. The van der Waals surface area contributed by atoms with E-state index in [0.29, 0.717) is 24.6 Å². The van der Waals surface area contributed by atoms with Gasteiger partial charge in [-0.3, -0.25) is 14.3 Å². The minimum Gasteiger partial charge on any atom is -0.481 e. The highest BCUT2D eigenvalue weighted by Crippen LogP contribution is 2.25. The second kappa shape index (κ2) is 8.31. The van der Waals surface area contributed by atoms with Gasteiger partial charge in [-0.2, -0.15) is 5.10 Å². The minimum atomic E-state index is -0.763. The summed E-state index contributed by atoms with van der Waals surface area (Å²) in [5.41, 5.74) is 1.61. The zero-order valence-electron chi connectivity index (χ0n) is 15.0. The normalized spacial score (nSPS) is 18.2. The Morgan fingerprint density at radius 1 is 1.38 bits per heavy atom. The van der Waals surface area contributed by atoms with E-state index in [4.69, 9.17) is 5.11 Å². The summed E-state index contributed by atoms with van der Waals surface area (Å²) >= 11 is 0. The predicted octanol–water partition coefficient (Wildman–Crippen LogP) is 3.27. The molecule has 0 bridgehead atoms. The van der Waals surface area contributed by atoms with E-state index in [-0.39, 0.29) is 18.2 Å². The SMILES string of the molecule is CCC(CC)n1ncc(C(=O)N2CCCC(CCC(=O)O)C2)c1C. The van der Waals surface area contributed by atoms with Crippen molar-refractivity contribution in [2.75, 3.05) is 13.1 Å². The number of likely N-dealkylation sites (tertiary alicyclic amines) is 1. The molecule has 1 unspecified atom stereocenters. The van der Waals surface area contributed by atoms with Crippen LogP contribution >= 0.6 is 0 Å². The first-order valence-electron chi connectivity index (χ1n) is 9.03. The van der Waals surface area contributed by atoms with Gasteiger partial charge in [0.05, 0.1) is 17.8 Å². The fourth-order valence-corrected chi connectivity index (χ4v) is 3.62. The maximum atomic E-state index is 12.9. The monoisotopic (exact) mass is 335 g/mol. The highest BCUT2D eigenvalue weighted by molar-refractivity contribution is 5.95. The van der Waals surface area contributed by atoms with Crippen molar-refractivity contribution in [3.8, 4) is 0 Å². The van der Waals surface area contributed by atoms with Gasteiger partial charge in [-0.1, -0.05) is 13.8 Å². The number of nitrogens with zero attached hydrogens (tertiary/aromatic N) is 3. The van der Waals surface area contributed by atoms with E-state index in [1.807, 2.05) is 16.5 Å². The zero-order chi connectivity index (χ0) is 17.7. The molecule has 2 rings (SSSR count). The molecule has 6 nitrogen and oxygen atoms in total. The first-order chi connectivity index (χ1) is 11.5. The summed E-state index contributed by atoms with van der Waals surface area (Å²) in [4.78, 5) is 25.5. The van der Waals surface area contributed by atoms with Crippen LogP contribution in [-0.4, -0.2) is 44.8 Å².